The van der Waals surface area contributed by atoms with E-state index in [1.165, 1.54) is 24.3 Å². The predicted octanol–water partition coefficient (Wildman–Crippen LogP) is 2.63. The molecule has 124 valence electrons. The molecule has 0 aliphatic carbocycles. The maximum atomic E-state index is 12.9. The molecule has 0 radical (unpaired) electrons. The molecule has 1 heterocycles. The third kappa shape index (κ3) is 4.53. The number of rotatable bonds is 5. The van der Waals surface area contributed by atoms with Crippen molar-refractivity contribution in [2.24, 2.45) is 0 Å². The Balaban J connectivity index is 1.91. The number of amides is 2. The number of halogens is 1. The van der Waals surface area contributed by atoms with Crippen LogP contribution in [0.1, 0.15) is 32.4 Å². The molecule has 1 unspecified atom stereocenters. The van der Waals surface area contributed by atoms with Crippen molar-refractivity contribution < 1.29 is 14.3 Å². The van der Waals surface area contributed by atoms with Gasteiger partial charge in [0.2, 0.25) is 0 Å². The summed E-state index contributed by atoms with van der Waals surface area (Å²) < 4.78 is 14.6. The fraction of sp³-hybridized carbons (Fsp3) is 0.375. The fourth-order valence-electron chi connectivity index (χ4n) is 2.02. The molecule has 7 heteroatoms. The van der Waals surface area contributed by atoms with E-state index in [0.717, 1.165) is 0 Å². The van der Waals surface area contributed by atoms with Crippen LogP contribution < -0.4 is 10.6 Å². The summed E-state index contributed by atoms with van der Waals surface area (Å²) >= 11 is 0. The van der Waals surface area contributed by atoms with Crippen LogP contribution in [0.5, 0.6) is 0 Å². The molecular formula is C16H21FN4O2. The van der Waals surface area contributed by atoms with Crippen LogP contribution in [-0.4, -0.2) is 27.5 Å². The van der Waals surface area contributed by atoms with Crippen molar-refractivity contribution in [3.05, 3.63) is 48.0 Å². The van der Waals surface area contributed by atoms with Crippen molar-refractivity contribution >= 4 is 11.7 Å². The van der Waals surface area contributed by atoms with Crippen molar-refractivity contribution in [1.29, 1.82) is 0 Å². The van der Waals surface area contributed by atoms with Crippen molar-refractivity contribution in [2.45, 2.75) is 32.4 Å². The van der Waals surface area contributed by atoms with Crippen LogP contribution in [0.3, 0.4) is 0 Å². The van der Waals surface area contributed by atoms with Crippen LogP contribution in [0.25, 0.3) is 0 Å². The number of urea groups is 1. The minimum atomic E-state index is -1.30. The number of benzene rings is 1. The first-order valence-corrected chi connectivity index (χ1v) is 7.35. The molecule has 1 aromatic heterocycles. The van der Waals surface area contributed by atoms with Crippen molar-refractivity contribution in [3.63, 3.8) is 0 Å². The van der Waals surface area contributed by atoms with Gasteiger partial charge in [-0.3, -0.25) is 4.68 Å². The quantitative estimate of drug-likeness (QED) is 0.792. The van der Waals surface area contributed by atoms with Crippen molar-refractivity contribution in [3.8, 4) is 0 Å². The summed E-state index contributed by atoms with van der Waals surface area (Å²) in [6, 6.07) is 5.26. The summed E-state index contributed by atoms with van der Waals surface area (Å²) in [5, 5.41) is 19.7. The number of hydrogen-bond acceptors (Lipinski definition) is 3. The number of hydrogen-bond donors (Lipinski definition) is 3. The van der Waals surface area contributed by atoms with Gasteiger partial charge in [0, 0.05) is 12.2 Å². The third-order valence-electron chi connectivity index (χ3n) is 3.45. The molecule has 0 spiro atoms. The number of carbonyl (C=O) groups is 1. The zero-order chi connectivity index (χ0) is 17.0. The Labute approximate surface area is 134 Å². The lowest BCUT2D eigenvalue weighted by atomic mass is 9.96. The maximum Gasteiger partial charge on any atom is 0.319 e. The zero-order valence-electron chi connectivity index (χ0n) is 13.4. The zero-order valence-corrected chi connectivity index (χ0v) is 13.4. The van der Waals surface area contributed by atoms with Crippen molar-refractivity contribution in [2.75, 3.05) is 11.9 Å². The van der Waals surface area contributed by atoms with Crippen LogP contribution in [0.4, 0.5) is 14.9 Å². The SMILES string of the molecule is CC(C)n1cc(NC(=O)NCC(C)(O)c2ccc(F)cc2)cn1. The first-order valence-electron chi connectivity index (χ1n) is 7.35. The summed E-state index contributed by atoms with van der Waals surface area (Å²) in [4.78, 5) is 11.9. The Bertz CT molecular complexity index is 665. The molecular weight excluding hydrogens is 299 g/mol. The molecule has 0 fully saturated rings. The topological polar surface area (TPSA) is 79.2 Å². The number of nitrogens with one attached hydrogen (secondary N) is 2. The standard InChI is InChI=1S/C16H21FN4O2/c1-11(2)21-9-14(8-19-21)20-15(22)18-10-16(3,23)12-4-6-13(17)7-5-12/h4-9,11,23H,10H2,1-3H3,(H2,18,20,22). The minimum absolute atomic E-state index is 0.0111. The van der Waals surface area contributed by atoms with E-state index in [4.69, 9.17) is 0 Å². The molecule has 0 aliphatic rings. The molecule has 3 N–H and O–H groups in total. The van der Waals surface area contributed by atoms with E-state index in [9.17, 15) is 14.3 Å². The highest BCUT2D eigenvalue weighted by atomic mass is 19.1. The van der Waals surface area contributed by atoms with Gasteiger partial charge in [-0.15, -0.1) is 0 Å². The molecule has 0 saturated heterocycles. The lowest BCUT2D eigenvalue weighted by molar-refractivity contribution is 0.0599. The monoisotopic (exact) mass is 320 g/mol. The summed E-state index contributed by atoms with van der Waals surface area (Å²) in [6.45, 7) is 5.51. The Hall–Kier alpha value is -2.41. The van der Waals surface area contributed by atoms with Gasteiger partial charge < -0.3 is 15.7 Å². The highest BCUT2D eigenvalue weighted by molar-refractivity contribution is 5.88. The fourth-order valence-corrected chi connectivity index (χ4v) is 2.02. The molecule has 0 aliphatic heterocycles. The molecule has 2 aromatic rings. The van der Waals surface area contributed by atoms with Gasteiger partial charge in [0.15, 0.2) is 0 Å². The first kappa shape index (κ1) is 17.0. The van der Waals surface area contributed by atoms with E-state index in [0.29, 0.717) is 11.3 Å². The smallest absolute Gasteiger partial charge is 0.319 e. The lowest BCUT2D eigenvalue weighted by Gasteiger charge is -2.24. The lowest BCUT2D eigenvalue weighted by Crippen LogP contribution is -2.40. The Morgan fingerprint density at radius 1 is 1.39 bits per heavy atom. The van der Waals surface area contributed by atoms with Crippen LogP contribution in [0.15, 0.2) is 36.7 Å². The van der Waals surface area contributed by atoms with Crippen LogP contribution in [0, 0.1) is 5.82 Å². The second-order valence-electron chi connectivity index (χ2n) is 5.89. The molecule has 0 bridgehead atoms. The molecule has 2 rings (SSSR count). The average molecular weight is 320 g/mol. The van der Waals surface area contributed by atoms with Crippen LogP contribution in [-0.2, 0) is 5.60 Å². The van der Waals surface area contributed by atoms with E-state index in [2.05, 4.69) is 15.7 Å². The van der Waals surface area contributed by atoms with Gasteiger partial charge >= 0.3 is 6.03 Å². The number of anilines is 1. The highest BCUT2D eigenvalue weighted by Gasteiger charge is 2.23. The normalized spacial score (nSPS) is 13.7. The van der Waals surface area contributed by atoms with E-state index in [1.54, 1.807) is 24.0 Å². The second-order valence-corrected chi connectivity index (χ2v) is 5.89. The van der Waals surface area contributed by atoms with Gasteiger partial charge in [-0.05, 0) is 38.5 Å². The van der Waals surface area contributed by atoms with Gasteiger partial charge in [0.05, 0.1) is 18.4 Å². The molecule has 6 nitrogen and oxygen atoms in total. The van der Waals surface area contributed by atoms with Crippen LogP contribution in [0.2, 0.25) is 0 Å². The van der Waals surface area contributed by atoms with E-state index >= 15 is 0 Å². The second kappa shape index (κ2) is 6.78. The summed E-state index contributed by atoms with van der Waals surface area (Å²) in [7, 11) is 0. The highest BCUT2D eigenvalue weighted by Crippen LogP contribution is 2.20. The largest absolute Gasteiger partial charge is 0.384 e. The molecule has 2 amide bonds. The predicted molar refractivity (Wildman–Crippen MR) is 85.6 cm³/mol. The van der Waals surface area contributed by atoms with Crippen molar-refractivity contribution in [1.82, 2.24) is 15.1 Å². The van der Waals surface area contributed by atoms with Crippen LogP contribution >= 0.6 is 0 Å². The molecule has 1 atom stereocenters. The first-order chi connectivity index (χ1) is 10.8. The Morgan fingerprint density at radius 3 is 2.61 bits per heavy atom. The van der Waals surface area contributed by atoms with Gasteiger partial charge in [-0.2, -0.15) is 5.10 Å². The summed E-state index contributed by atoms with van der Waals surface area (Å²) in [5.41, 5.74) is -0.211. The number of aliphatic hydroxyl groups is 1. The number of nitrogens with zero attached hydrogens (tertiary/aromatic N) is 2. The van der Waals surface area contributed by atoms with Gasteiger partial charge in [-0.1, -0.05) is 12.1 Å². The maximum absolute atomic E-state index is 12.9. The van der Waals surface area contributed by atoms with Gasteiger partial charge in [-0.25, -0.2) is 9.18 Å². The van der Waals surface area contributed by atoms with Gasteiger partial charge in [0.25, 0.3) is 0 Å². The number of carbonyl (C=O) groups excluding carboxylic acids is 1. The summed E-state index contributed by atoms with van der Waals surface area (Å²) in [5.74, 6) is -0.377. The summed E-state index contributed by atoms with van der Waals surface area (Å²) in [6.07, 6.45) is 3.28. The Morgan fingerprint density at radius 2 is 2.04 bits per heavy atom. The van der Waals surface area contributed by atoms with Gasteiger partial charge in [0.1, 0.15) is 11.4 Å². The molecule has 23 heavy (non-hydrogen) atoms. The van der Waals surface area contributed by atoms with E-state index in [1.807, 2.05) is 13.8 Å². The average Bonchev–Trinajstić information content (AvgIpc) is 2.94. The molecule has 1 aromatic carbocycles. The van der Waals surface area contributed by atoms with E-state index < -0.39 is 11.6 Å². The third-order valence-corrected chi connectivity index (χ3v) is 3.45. The molecule has 0 saturated carbocycles. The number of aromatic nitrogens is 2. The minimum Gasteiger partial charge on any atom is -0.384 e. The Kier molecular flexibility index (Phi) is 5.00. The van der Waals surface area contributed by atoms with E-state index in [-0.39, 0.29) is 18.4 Å².